The number of aliphatic hydroxyl groups excluding tert-OH is 1. The fourth-order valence-electron chi connectivity index (χ4n) is 18.7. The molecule has 1 saturated carbocycles. The molecule has 7 N–H and O–H groups in total. The number of piperazine rings is 2. The number of carbonyl (C=O) groups excluding carboxylic acids is 7. The number of aliphatic carboxylic acids is 1. The number of hydrogen-bond acceptors (Lipinski definition) is 28. The third-order valence-corrected chi connectivity index (χ3v) is 26.2. The quantitative estimate of drug-likeness (QED) is 0.0205. The highest BCUT2D eigenvalue weighted by molar-refractivity contribution is 6.38. The van der Waals surface area contributed by atoms with Gasteiger partial charge >= 0.3 is 18.0 Å². The van der Waals surface area contributed by atoms with Gasteiger partial charge < -0.3 is 79.6 Å². The number of nitrogens with one attached hydrogen (secondary N) is 1. The zero-order valence-corrected chi connectivity index (χ0v) is 74.3. The summed E-state index contributed by atoms with van der Waals surface area (Å²) in [5.41, 5.74) is 21.3. The van der Waals surface area contributed by atoms with E-state index in [0.717, 1.165) is 60.2 Å². The van der Waals surface area contributed by atoms with Gasteiger partial charge in [0.25, 0.3) is 17.8 Å². The van der Waals surface area contributed by atoms with Crippen molar-refractivity contribution in [3.8, 4) is 11.3 Å². The van der Waals surface area contributed by atoms with Crippen LogP contribution in [0.4, 0.5) is 28.5 Å². The molecule has 10 atom stereocenters. The Balaban J connectivity index is 0.484. The summed E-state index contributed by atoms with van der Waals surface area (Å²) in [5, 5.41) is 30.1. The highest BCUT2D eigenvalue weighted by Gasteiger charge is 2.43. The number of cyclic esters (lactones) is 1. The first-order chi connectivity index (χ1) is 61.8. The van der Waals surface area contributed by atoms with E-state index in [1.165, 1.54) is 16.1 Å². The minimum absolute atomic E-state index is 0.00442. The first kappa shape index (κ1) is 92.7. The average molecular weight is 1760 g/mol. The molecular weight excluding hydrogens is 1640 g/mol. The van der Waals surface area contributed by atoms with Crippen LogP contribution in [0.3, 0.4) is 0 Å². The number of nitrogen functional groups attached to an aromatic ring is 2. The van der Waals surface area contributed by atoms with Crippen molar-refractivity contribution in [1.29, 1.82) is 0 Å². The minimum Gasteiger partial charge on any atom is -0.480 e. The lowest BCUT2D eigenvalue weighted by Gasteiger charge is -2.39. The molecular formula is C94H122N18O16. The van der Waals surface area contributed by atoms with Crippen molar-refractivity contribution in [3.63, 3.8) is 0 Å². The minimum atomic E-state index is -1.15. The zero-order chi connectivity index (χ0) is 90.1. The Morgan fingerprint density at radius 1 is 0.727 bits per heavy atom. The molecule has 5 aromatic heterocycles. The van der Waals surface area contributed by atoms with Gasteiger partial charge in [-0.3, -0.25) is 28.9 Å². The van der Waals surface area contributed by atoms with Crippen LogP contribution < -0.4 is 26.6 Å². The van der Waals surface area contributed by atoms with Crippen molar-refractivity contribution in [1.82, 2.24) is 69.6 Å². The number of ether oxygens (including phenoxy) is 5. The number of benzene rings is 2. The van der Waals surface area contributed by atoms with Crippen molar-refractivity contribution in [3.05, 3.63) is 143 Å². The second-order valence-corrected chi connectivity index (χ2v) is 35.5. The monoisotopic (exact) mass is 1760 g/mol. The molecule has 2 unspecified atom stereocenters. The molecule has 1 aliphatic carbocycles. The van der Waals surface area contributed by atoms with E-state index in [1.54, 1.807) is 42.9 Å². The molecule has 7 aromatic rings. The van der Waals surface area contributed by atoms with Gasteiger partial charge in [0, 0.05) is 134 Å². The number of allylic oxidation sites excluding steroid dienone is 6. The number of hydrogen-bond donors (Lipinski definition) is 5. The molecule has 0 spiro atoms. The van der Waals surface area contributed by atoms with E-state index in [1.807, 2.05) is 85.9 Å². The number of aliphatic hydroxyl groups is 1. The summed E-state index contributed by atoms with van der Waals surface area (Å²) < 4.78 is 37.9. The van der Waals surface area contributed by atoms with Gasteiger partial charge in [0.15, 0.2) is 11.2 Å². The predicted molar refractivity (Wildman–Crippen MR) is 478 cm³/mol. The SMILES string of the molecule is CO[C@H]1CC2CCCC(O2)C(=O)C(=O)N2CCCC[C@H]2C(=O)O[C@H](CC[C@H]2CC[C@H](OC(=O)NCc3cnc(N4CCN(C(=O)CCOCCN5CCN(c6ncc(C(=O)N7CCc8cc(Cn9nc(-c%10ccc%11oc(N)nc%11c%10)c%10c(N)ncnc%109)ccc8C7)cn6)CC5)[C@@H](C(=O)O)C4)nc3)CC2)CC[C@H](C)/C=C(\C)[C@@H](O)CC(=O)[C@H](C)C[C@H](C)/C=C/C=C/C=C/1C. The fraction of sp³-hybridized carbons (Fsp3) is 0.553. The summed E-state index contributed by atoms with van der Waals surface area (Å²) in [6, 6.07) is 9.77. The van der Waals surface area contributed by atoms with E-state index >= 15 is 0 Å². The number of anilines is 4. The third kappa shape index (κ3) is 23.9. The number of rotatable bonds is 20. The first-order valence-corrected chi connectivity index (χ1v) is 45.4. The van der Waals surface area contributed by atoms with Gasteiger partial charge in [-0.15, -0.1) is 0 Å². The van der Waals surface area contributed by atoms with Gasteiger partial charge in [0.2, 0.25) is 23.6 Å². The van der Waals surface area contributed by atoms with Gasteiger partial charge in [0.1, 0.15) is 59.5 Å². The Hall–Kier alpha value is -11.5. The number of piperidine rings is 1. The number of methoxy groups -OCH3 is 1. The predicted octanol–water partition coefficient (Wildman–Crippen LogP) is 10.1. The molecule has 34 nitrogen and oxygen atoms in total. The van der Waals surface area contributed by atoms with Crippen LogP contribution in [0.5, 0.6) is 0 Å². The van der Waals surface area contributed by atoms with Crippen molar-refractivity contribution < 1.29 is 76.7 Å². The average Bonchev–Trinajstić information content (AvgIpc) is 1.61. The van der Waals surface area contributed by atoms with Crippen molar-refractivity contribution in [2.24, 2.45) is 23.7 Å². The van der Waals surface area contributed by atoms with Crippen molar-refractivity contribution >= 4 is 93.2 Å². The van der Waals surface area contributed by atoms with Gasteiger partial charge in [-0.1, -0.05) is 75.4 Å². The van der Waals surface area contributed by atoms with Gasteiger partial charge in [-0.2, -0.15) is 10.1 Å². The Morgan fingerprint density at radius 3 is 2.28 bits per heavy atom. The maximum atomic E-state index is 14.5. The zero-order valence-electron chi connectivity index (χ0n) is 74.3. The second-order valence-electron chi connectivity index (χ2n) is 35.5. The number of esters is 1. The van der Waals surface area contributed by atoms with E-state index in [2.05, 4.69) is 75.1 Å². The number of carboxylic acids is 1. The summed E-state index contributed by atoms with van der Waals surface area (Å²) in [4.78, 5) is 152. The summed E-state index contributed by atoms with van der Waals surface area (Å²) >= 11 is 0. The molecule has 11 heterocycles. The number of ketones is 2. The van der Waals surface area contributed by atoms with E-state index in [-0.39, 0.29) is 117 Å². The van der Waals surface area contributed by atoms with Crippen molar-refractivity contribution in [2.45, 2.75) is 225 Å². The smallest absolute Gasteiger partial charge is 0.407 e. The normalized spacial score (nSPS) is 26.4. The Kier molecular flexibility index (Phi) is 31.6. The van der Waals surface area contributed by atoms with Gasteiger partial charge in [0.05, 0.1) is 62.0 Å². The van der Waals surface area contributed by atoms with Gasteiger partial charge in [-0.05, 0) is 180 Å². The summed E-state index contributed by atoms with van der Waals surface area (Å²) in [6.07, 6.45) is 26.3. The van der Waals surface area contributed by atoms with Crippen LogP contribution in [0.25, 0.3) is 33.4 Å². The molecule has 2 bridgehead atoms. The summed E-state index contributed by atoms with van der Waals surface area (Å²) in [6.45, 7) is 15.9. The van der Waals surface area contributed by atoms with Gasteiger partial charge in [-0.25, -0.2) is 49.0 Å². The number of carboxylic acid groups (broad SMARTS) is 1. The number of aromatic nitrogens is 9. The Bertz CT molecular complexity index is 5190. The second kappa shape index (κ2) is 43.6. The lowest BCUT2D eigenvalue weighted by molar-refractivity contribution is -0.167. The highest BCUT2D eigenvalue weighted by atomic mass is 16.6. The van der Waals surface area contributed by atoms with Crippen LogP contribution in [0, 0.1) is 23.7 Å². The molecule has 4 amide bonds. The number of oxazole rings is 1. The van der Waals surface area contributed by atoms with Crippen LogP contribution in [-0.2, 0) is 78.5 Å². The molecule has 128 heavy (non-hydrogen) atoms. The molecule has 14 rings (SSSR count). The third-order valence-electron chi connectivity index (χ3n) is 26.2. The molecule has 7 aliphatic rings. The topological polar surface area (TPSA) is 428 Å². The lowest BCUT2D eigenvalue weighted by atomic mass is 9.83. The molecule has 2 aromatic carbocycles. The van der Waals surface area contributed by atoms with E-state index in [4.69, 9.17) is 44.7 Å². The van der Waals surface area contributed by atoms with Crippen LogP contribution in [0.1, 0.15) is 183 Å². The van der Waals surface area contributed by atoms with Crippen LogP contribution in [0.15, 0.2) is 120 Å². The number of alkyl carbamates (subject to hydrolysis) is 1. The Labute approximate surface area is 745 Å². The number of fused-ring (bicyclic) bond motifs is 6. The molecule has 684 valence electrons. The number of nitrogens with zero attached hydrogens (tertiary/aromatic N) is 15. The lowest BCUT2D eigenvalue weighted by Crippen LogP contribution is -2.58. The maximum Gasteiger partial charge on any atom is 0.407 e. The van der Waals surface area contributed by atoms with E-state index in [0.29, 0.717) is 199 Å². The molecule has 34 heteroatoms. The standard InChI is InChI=1S/C94H122N18O16/c1-58-13-8-7-9-14-60(3)80(123-6)47-72-15-12-17-79(125-72)84(116)88(118)111-32-11-10-16-74(111)90(121)126-70(25-18-59(2)44-62(5)77(114)48-76(113)61(4)43-58)26-20-63-21-27-71(28-22-63)127-94(122)101-51-65-49-97-93(98-50-65)109-38-39-110(75(56-109)89(119)120)81(115)31-41-124-42-40-106-34-36-107(37-35-106)92-99-52-69(53-100-92)87(117)108-33-30-66-45-64(19-23-68(66)55-108)54-112-86-82(85(95)102-57-103-86)83(105-112)67-24-29-78-73(46-67)104-91(96)128-78/h7-9,13-14,19,23-24,29,44-46,49-50,52-53,57-59,61,63,70-72,74-75,77,79-80,114H,10-12,15-18,20-22,25-28,30-43,47-48,51,54-56H2,1-6H3,(H2,96,104)(H,101,122)(H,119,120)(H2,95,102,103)/b9-7+,13-8+,60-14+,62-44+/t58-,59+,61-,63-,70+,71-,72?,74+,75-,77+,79?,80+/m1/s1. The highest BCUT2D eigenvalue weighted by Crippen LogP contribution is 2.37. The Morgan fingerprint density at radius 2 is 1.50 bits per heavy atom. The van der Waals surface area contributed by atoms with Crippen LogP contribution >= 0.6 is 0 Å². The molecule has 4 saturated heterocycles. The van der Waals surface area contributed by atoms with Crippen LogP contribution in [0.2, 0.25) is 0 Å². The largest absolute Gasteiger partial charge is 0.480 e. The molecule has 5 fully saturated rings. The number of carbonyl (C=O) groups is 8. The summed E-state index contributed by atoms with van der Waals surface area (Å²) in [7, 11) is 1.64. The number of nitrogens with two attached hydrogens (primary N) is 2. The maximum absolute atomic E-state index is 14.5. The summed E-state index contributed by atoms with van der Waals surface area (Å²) in [5.74, 6) is -2.32. The number of amides is 4. The van der Waals surface area contributed by atoms with E-state index < -0.39 is 60.1 Å². The van der Waals surface area contributed by atoms with Crippen molar-refractivity contribution in [2.75, 3.05) is 107 Å². The van der Waals surface area contributed by atoms with E-state index in [9.17, 15) is 48.6 Å². The first-order valence-electron chi connectivity index (χ1n) is 45.4. The molecule has 0 radical (unpaired) electrons. The number of Topliss-reactive ketones (excluding diaryl/α,β-unsaturated/α-hetero) is 2. The fourth-order valence-corrected chi connectivity index (χ4v) is 18.7. The van der Waals surface area contributed by atoms with Crippen LogP contribution in [-0.4, -0.2) is 256 Å². The molecule has 6 aliphatic heterocycles.